The smallest absolute Gasteiger partial charge is 0.355 e. The van der Waals surface area contributed by atoms with Crippen LogP contribution in [-0.4, -0.2) is 101 Å². The monoisotopic (exact) mass is 571 g/mol. The lowest BCUT2D eigenvalue weighted by atomic mass is 10.1. The van der Waals surface area contributed by atoms with E-state index in [1.165, 1.54) is 22.7 Å². The van der Waals surface area contributed by atoms with Crippen LogP contribution in [0.1, 0.15) is 30.3 Å². The van der Waals surface area contributed by atoms with Gasteiger partial charge in [0.1, 0.15) is 12.0 Å². The average molecular weight is 572 g/mol. The minimum atomic E-state index is -1.05. The van der Waals surface area contributed by atoms with Crippen molar-refractivity contribution in [3.05, 3.63) is 47.0 Å². The number of amidine groups is 1. The van der Waals surface area contributed by atoms with E-state index < -0.39 is 12.1 Å². The number of aromatic nitrogens is 2. The molecule has 3 N–H and O–H groups in total. The van der Waals surface area contributed by atoms with Crippen molar-refractivity contribution in [1.29, 1.82) is 0 Å². The molecule has 2 atom stereocenters. The van der Waals surface area contributed by atoms with Gasteiger partial charge in [-0.3, -0.25) is 4.90 Å². The fraction of sp³-hybridized carbons (Fsp3) is 0.462. The fourth-order valence-corrected chi connectivity index (χ4v) is 6.36. The lowest BCUT2D eigenvalue weighted by molar-refractivity contribution is 0.0129. The highest BCUT2D eigenvalue weighted by Crippen LogP contribution is 2.30. The van der Waals surface area contributed by atoms with Gasteiger partial charge in [0.25, 0.3) is 0 Å². The van der Waals surface area contributed by atoms with E-state index in [-0.39, 0.29) is 11.9 Å². The van der Waals surface area contributed by atoms with Gasteiger partial charge in [0.2, 0.25) is 5.13 Å². The molecule has 39 heavy (non-hydrogen) atoms. The second-order valence-corrected chi connectivity index (χ2v) is 11.5. The summed E-state index contributed by atoms with van der Waals surface area (Å²) in [5.74, 6) is -0.343. The number of aliphatic hydroxyl groups excluding tert-OH is 1. The Labute approximate surface area is 235 Å². The second kappa shape index (κ2) is 12.5. The maximum atomic E-state index is 11.5. The third-order valence-electron chi connectivity index (χ3n) is 6.73. The molecule has 208 valence electrons. The summed E-state index contributed by atoms with van der Waals surface area (Å²) >= 11 is 2.84. The number of hydrogen-bond acceptors (Lipinski definition) is 11. The Morgan fingerprint density at radius 1 is 1.31 bits per heavy atom. The quantitative estimate of drug-likeness (QED) is 0.334. The van der Waals surface area contributed by atoms with Gasteiger partial charge in [-0.1, -0.05) is 23.5 Å². The van der Waals surface area contributed by atoms with Crippen molar-refractivity contribution in [1.82, 2.24) is 25.3 Å². The van der Waals surface area contributed by atoms with Crippen molar-refractivity contribution in [2.45, 2.75) is 32.0 Å². The van der Waals surface area contributed by atoms with Gasteiger partial charge in [0, 0.05) is 38.6 Å². The number of aromatic carboxylic acids is 1. The molecule has 0 spiro atoms. The number of thiazole rings is 2. The van der Waals surface area contributed by atoms with E-state index in [0.717, 1.165) is 35.3 Å². The Hall–Kier alpha value is -2.94. The molecule has 4 heterocycles. The largest absolute Gasteiger partial charge is 0.476 e. The van der Waals surface area contributed by atoms with Gasteiger partial charge in [-0.15, -0.1) is 11.3 Å². The normalized spacial score (nSPS) is 20.6. The first kappa shape index (κ1) is 27.6. The Bertz CT molecular complexity index is 1320. The van der Waals surface area contributed by atoms with Gasteiger partial charge in [0.15, 0.2) is 10.8 Å². The number of aliphatic hydroxyl groups is 1. The Morgan fingerprint density at radius 2 is 2.10 bits per heavy atom. The van der Waals surface area contributed by atoms with Crippen molar-refractivity contribution in [2.75, 3.05) is 51.3 Å². The summed E-state index contributed by atoms with van der Waals surface area (Å²) in [6.07, 6.45) is 2.76. The molecule has 0 amide bonds. The molecular formula is C26H33N7O4S2. The maximum absolute atomic E-state index is 11.5. The predicted molar refractivity (Wildman–Crippen MR) is 154 cm³/mol. The molecule has 2 unspecified atom stereocenters. The summed E-state index contributed by atoms with van der Waals surface area (Å²) in [6, 6.07) is 7.96. The number of nitrogens with zero attached hydrogens (tertiary/aromatic N) is 6. The Kier molecular flexibility index (Phi) is 8.85. The van der Waals surface area contributed by atoms with E-state index in [2.05, 4.69) is 31.3 Å². The molecular weight excluding hydrogens is 538 g/mol. The van der Waals surface area contributed by atoms with Crippen molar-refractivity contribution in [2.24, 2.45) is 4.99 Å². The van der Waals surface area contributed by atoms with Crippen LogP contribution >= 0.6 is 22.7 Å². The van der Waals surface area contributed by atoms with Crippen LogP contribution in [0.5, 0.6) is 0 Å². The van der Waals surface area contributed by atoms with Gasteiger partial charge in [-0.25, -0.2) is 19.8 Å². The van der Waals surface area contributed by atoms with Crippen LogP contribution in [0.15, 0.2) is 46.3 Å². The molecule has 1 aromatic carbocycles. The summed E-state index contributed by atoms with van der Waals surface area (Å²) in [7, 11) is 1.92. The number of rotatable bonds is 10. The number of hydrogen-bond donors (Lipinski definition) is 3. The Balaban J connectivity index is 1.32. The first-order chi connectivity index (χ1) is 18.9. The minimum Gasteiger partial charge on any atom is -0.476 e. The molecule has 13 heteroatoms. The molecule has 1 saturated heterocycles. The first-order valence-corrected chi connectivity index (χ1v) is 14.6. The molecule has 0 radical (unpaired) electrons. The van der Waals surface area contributed by atoms with E-state index in [0.29, 0.717) is 48.8 Å². The molecule has 11 nitrogen and oxygen atoms in total. The second-order valence-electron chi connectivity index (χ2n) is 9.63. The summed E-state index contributed by atoms with van der Waals surface area (Å²) in [5, 5.41) is 24.9. The summed E-state index contributed by atoms with van der Waals surface area (Å²) in [4.78, 5) is 29.6. The lowest BCUT2D eigenvalue weighted by Crippen LogP contribution is -2.56. The number of likely N-dealkylation sites (N-methyl/N-ethyl adjacent to an activating group) is 1. The van der Waals surface area contributed by atoms with Gasteiger partial charge in [-0.2, -0.15) is 5.01 Å². The lowest BCUT2D eigenvalue weighted by Gasteiger charge is -2.40. The third kappa shape index (κ3) is 6.80. The van der Waals surface area contributed by atoms with Crippen LogP contribution in [0.2, 0.25) is 0 Å². The van der Waals surface area contributed by atoms with Crippen LogP contribution in [0, 0.1) is 0 Å². The zero-order valence-corrected chi connectivity index (χ0v) is 23.6. The summed E-state index contributed by atoms with van der Waals surface area (Å²) < 4.78 is 6.48. The number of para-hydroxylation sites is 1. The zero-order chi connectivity index (χ0) is 27.4. The van der Waals surface area contributed by atoms with Crippen molar-refractivity contribution >= 4 is 55.0 Å². The summed E-state index contributed by atoms with van der Waals surface area (Å²) in [5.41, 5.74) is 5.27. The number of fused-ring (bicyclic) bond motifs is 1. The van der Waals surface area contributed by atoms with Crippen molar-refractivity contribution in [3.63, 3.8) is 0 Å². The zero-order valence-electron chi connectivity index (χ0n) is 22.0. The third-order valence-corrected chi connectivity index (χ3v) is 8.53. The minimum absolute atomic E-state index is 0.0255. The van der Waals surface area contributed by atoms with Crippen LogP contribution < -0.4 is 10.3 Å². The number of hydrazine groups is 1. The van der Waals surface area contributed by atoms with Gasteiger partial charge < -0.3 is 25.3 Å². The molecule has 0 saturated carbocycles. The van der Waals surface area contributed by atoms with Crippen molar-refractivity contribution in [3.8, 4) is 0 Å². The van der Waals surface area contributed by atoms with Gasteiger partial charge in [0.05, 0.1) is 29.5 Å². The molecule has 0 bridgehead atoms. The Morgan fingerprint density at radius 3 is 2.85 bits per heavy atom. The van der Waals surface area contributed by atoms with Crippen LogP contribution in [0.25, 0.3) is 10.2 Å². The number of aliphatic imine (C=N–C) groups is 1. The highest BCUT2D eigenvalue weighted by Gasteiger charge is 2.29. The fourth-order valence-electron chi connectivity index (χ4n) is 4.66. The molecule has 2 aliphatic heterocycles. The number of carboxylic acids is 1. The van der Waals surface area contributed by atoms with E-state index in [1.807, 2.05) is 43.2 Å². The van der Waals surface area contributed by atoms with Crippen LogP contribution in [0.4, 0.5) is 10.3 Å². The van der Waals surface area contributed by atoms with E-state index in [9.17, 15) is 15.0 Å². The SMILES string of the molecule is CC1=CC(N(CCCC(O)CN2CCOCC2)c2nc(C(=O)O)cs2)N(C)N/C1=N\c1nc2ccccc2s1. The topological polar surface area (TPSA) is 127 Å². The van der Waals surface area contributed by atoms with Gasteiger partial charge >= 0.3 is 5.97 Å². The number of carbonyl (C=O) groups is 1. The number of morpholine rings is 1. The number of nitrogens with one attached hydrogen (secondary N) is 1. The summed E-state index contributed by atoms with van der Waals surface area (Å²) in [6.45, 7) is 6.29. The highest BCUT2D eigenvalue weighted by atomic mass is 32.1. The van der Waals surface area contributed by atoms with E-state index >= 15 is 0 Å². The molecule has 3 aromatic rings. The van der Waals surface area contributed by atoms with E-state index in [1.54, 1.807) is 5.38 Å². The van der Waals surface area contributed by atoms with E-state index in [4.69, 9.17) is 9.73 Å². The predicted octanol–water partition coefficient (Wildman–Crippen LogP) is 3.18. The van der Waals surface area contributed by atoms with Gasteiger partial charge in [-0.05, 0) is 43.5 Å². The van der Waals surface area contributed by atoms with Crippen LogP contribution in [0.3, 0.4) is 0 Å². The molecule has 2 aromatic heterocycles. The number of ether oxygens (including phenoxy) is 1. The molecule has 1 fully saturated rings. The number of anilines is 1. The number of benzene rings is 1. The molecule has 0 aliphatic carbocycles. The molecule has 2 aliphatic rings. The van der Waals surface area contributed by atoms with Crippen LogP contribution in [-0.2, 0) is 4.74 Å². The standard InChI is InChI=1S/C26H33N7O4S2/c1-17-14-22(31(2)30-23(17)29-25-27-19-7-3-4-8-21(19)39-25)33(26-28-20(16-38-26)24(35)36)9-5-6-18(34)15-32-10-12-37-13-11-32/h3-4,7-8,14,16,18,22,34H,5-6,9-13,15H2,1-2H3,(H,35,36)(H,27,29,30). The maximum Gasteiger partial charge on any atom is 0.355 e. The highest BCUT2D eigenvalue weighted by molar-refractivity contribution is 7.22. The average Bonchev–Trinajstić information content (AvgIpc) is 3.57. The van der Waals surface area contributed by atoms with Crippen molar-refractivity contribution < 1.29 is 19.7 Å². The first-order valence-electron chi connectivity index (χ1n) is 12.9. The molecule has 5 rings (SSSR count). The number of carboxylic acid groups (broad SMARTS) is 1. The number of β-amino-alcohol motifs (C(OH)–C–C–N with tert-alkyl or cyclic N) is 1.